The lowest BCUT2D eigenvalue weighted by atomic mass is 9.84. The number of nitrogens with two attached hydrogens (primary N) is 2. The Balaban J connectivity index is 0.00000182. The summed E-state index contributed by atoms with van der Waals surface area (Å²) in [5.41, 5.74) is 19.9. The molecule has 128 valence electrons. The van der Waals surface area contributed by atoms with E-state index < -0.39 is 0 Å². The first kappa shape index (κ1) is 17.2. The lowest BCUT2D eigenvalue weighted by molar-refractivity contribution is 0.719. The van der Waals surface area contributed by atoms with E-state index in [2.05, 4.69) is 66.4 Å². The lowest BCUT2D eigenvalue weighted by Crippen LogP contribution is -2.33. The van der Waals surface area contributed by atoms with Crippen molar-refractivity contribution in [2.45, 2.75) is 13.0 Å². The van der Waals surface area contributed by atoms with Gasteiger partial charge in [0.25, 0.3) is 0 Å². The van der Waals surface area contributed by atoms with E-state index in [1.54, 1.807) is 0 Å². The molecule has 0 fully saturated rings. The van der Waals surface area contributed by atoms with Crippen LogP contribution < -0.4 is 16.4 Å². The van der Waals surface area contributed by atoms with Crippen molar-refractivity contribution in [2.24, 2.45) is 0 Å². The molecule has 0 radical (unpaired) electrons. The summed E-state index contributed by atoms with van der Waals surface area (Å²) in [6, 6.07) is 23.1. The Bertz CT molecular complexity index is 893. The number of benzene rings is 3. The largest absolute Gasteiger partial charge is 0.399 e. The van der Waals surface area contributed by atoms with E-state index in [0.717, 1.165) is 17.9 Å². The highest BCUT2D eigenvalue weighted by molar-refractivity contribution is 5.88. The summed E-state index contributed by atoms with van der Waals surface area (Å²) >= 11 is 0. The zero-order chi connectivity index (χ0) is 16.7. The third-order valence-electron chi connectivity index (χ3n) is 4.76. The van der Waals surface area contributed by atoms with Gasteiger partial charge in [0.1, 0.15) is 0 Å². The predicted octanol–water partition coefficient (Wildman–Crippen LogP) is 4.87. The number of anilines is 3. The molecule has 1 unspecified atom stereocenters. The van der Waals surface area contributed by atoms with Gasteiger partial charge < -0.3 is 16.4 Å². The minimum Gasteiger partial charge on any atom is -0.399 e. The molecule has 4 heteroatoms. The predicted molar refractivity (Wildman–Crippen MR) is 109 cm³/mol. The van der Waals surface area contributed by atoms with Crippen molar-refractivity contribution >= 4 is 29.5 Å². The molecule has 1 heterocycles. The number of halogens is 1. The van der Waals surface area contributed by atoms with Crippen LogP contribution in [0.25, 0.3) is 11.1 Å². The molecule has 0 aliphatic carbocycles. The van der Waals surface area contributed by atoms with Crippen molar-refractivity contribution in [3.63, 3.8) is 0 Å². The number of hydrogen-bond acceptors (Lipinski definition) is 3. The zero-order valence-corrected chi connectivity index (χ0v) is 15.0. The Hall–Kier alpha value is -2.65. The Morgan fingerprint density at radius 2 is 1.48 bits per heavy atom. The van der Waals surface area contributed by atoms with Crippen LogP contribution in [0.4, 0.5) is 17.1 Å². The summed E-state index contributed by atoms with van der Waals surface area (Å²) in [5, 5.41) is 0. The van der Waals surface area contributed by atoms with Gasteiger partial charge in [-0.05, 0) is 47.9 Å². The Morgan fingerprint density at radius 3 is 2.16 bits per heavy atom. The van der Waals surface area contributed by atoms with E-state index in [1.807, 2.05) is 12.1 Å². The standard InChI is InChI=1S/C21H21N3.ClH/c1-2-24-20-13-16(23)9-11-18(20)17-10-8-15(22)12-19(17)21(24)14-6-4-3-5-7-14;/h3-13,21H,2,22-23H2,1H3;1H. The molecule has 1 aliphatic heterocycles. The van der Waals surface area contributed by atoms with Crippen LogP contribution in [0.5, 0.6) is 0 Å². The van der Waals surface area contributed by atoms with E-state index in [9.17, 15) is 0 Å². The highest BCUT2D eigenvalue weighted by atomic mass is 35.5. The number of rotatable bonds is 2. The monoisotopic (exact) mass is 351 g/mol. The fourth-order valence-corrected chi connectivity index (χ4v) is 3.72. The normalized spacial score (nSPS) is 15.1. The van der Waals surface area contributed by atoms with Crippen LogP contribution in [0.2, 0.25) is 0 Å². The second-order valence-corrected chi connectivity index (χ2v) is 6.22. The molecule has 0 bridgehead atoms. The van der Waals surface area contributed by atoms with Crippen molar-refractivity contribution < 1.29 is 0 Å². The van der Waals surface area contributed by atoms with Crippen molar-refractivity contribution in [1.29, 1.82) is 0 Å². The van der Waals surface area contributed by atoms with E-state index in [1.165, 1.54) is 27.9 Å². The fraction of sp³-hybridized carbons (Fsp3) is 0.143. The average Bonchev–Trinajstić information content (AvgIpc) is 2.61. The van der Waals surface area contributed by atoms with E-state index in [0.29, 0.717) is 0 Å². The highest BCUT2D eigenvalue weighted by Crippen LogP contribution is 2.48. The SMILES string of the molecule is CCN1c2cc(N)ccc2-c2ccc(N)cc2C1c1ccccc1.Cl. The van der Waals surface area contributed by atoms with E-state index in [-0.39, 0.29) is 18.4 Å². The van der Waals surface area contributed by atoms with Gasteiger partial charge >= 0.3 is 0 Å². The van der Waals surface area contributed by atoms with Crippen LogP contribution >= 0.6 is 12.4 Å². The molecule has 0 aromatic heterocycles. The minimum absolute atomic E-state index is 0. The molecule has 0 saturated carbocycles. The summed E-state index contributed by atoms with van der Waals surface area (Å²) in [6.07, 6.45) is 0. The second kappa shape index (κ2) is 6.69. The molecule has 0 spiro atoms. The van der Waals surface area contributed by atoms with Gasteiger partial charge in [0.05, 0.1) is 6.04 Å². The third-order valence-corrected chi connectivity index (χ3v) is 4.76. The topological polar surface area (TPSA) is 55.3 Å². The number of hydrogen-bond donors (Lipinski definition) is 2. The summed E-state index contributed by atoms with van der Waals surface area (Å²) in [6.45, 7) is 3.07. The lowest BCUT2D eigenvalue weighted by Gasteiger charge is -2.40. The second-order valence-electron chi connectivity index (χ2n) is 6.22. The molecular formula is C21H22ClN3. The van der Waals surface area contributed by atoms with Crippen LogP contribution in [0.15, 0.2) is 66.7 Å². The summed E-state index contributed by atoms with van der Waals surface area (Å²) < 4.78 is 0. The molecule has 3 nitrogen and oxygen atoms in total. The molecule has 4 rings (SSSR count). The summed E-state index contributed by atoms with van der Waals surface area (Å²) in [4.78, 5) is 2.41. The fourth-order valence-electron chi connectivity index (χ4n) is 3.72. The highest BCUT2D eigenvalue weighted by Gasteiger charge is 2.31. The quantitative estimate of drug-likeness (QED) is 0.647. The van der Waals surface area contributed by atoms with Crippen molar-refractivity contribution in [3.8, 4) is 11.1 Å². The average molecular weight is 352 g/mol. The van der Waals surface area contributed by atoms with Gasteiger partial charge in [0.2, 0.25) is 0 Å². The molecule has 3 aromatic carbocycles. The van der Waals surface area contributed by atoms with Gasteiger partial charge in [-0.1, -0.05) is 42.5 Å². The van der Waals surface area contributed by atoms with E-state index >= 15 is 0 Å². The molecule has 25 heavy (non-hydrogen) atoms. The molecule has 0 amide bonds. The van der Waals surface area contributed by atoms with Gasteiger partial charge in [-0.25, -0.2) is 0 Å². The number of nitrogen functional groups attached to an aromatic ring is 2. The molecule has 1 atom stereocenters. The zero-order valence-electron chi connectivity index (χ0n) is 14.1. The van der Waals surface area contributed by atoms with Gasteiger partial charge in [0, 0.05) is 29.2 Å². The Kier molecular flexibility index (Phi) is 4.60. The number of fused-ring (bicyclic) bond motifs is 3. The van der Waals surface area contributed by atoms with Crippen LogP contribution in [0.1, 0.15) is 24.1 Å². The van der Waals surface area contributed by atoms with Crippen LogP contribution in [0.3, 0.4) is 0 Å². The minimum atomic E-state index is 0. The molecular weight excluding hydrogens is 330 g/mol. The maximum Gasteiger partial charge on any atom is 0.0802 e. The van der Waals surface area contributed by atoms with Gasteiger partial charge in [-0.3, -0.25) is 0 Å². The van der Waals surface area contributed by atoms with Crippen LogP contribution in [-0.2, 0) is 0 Å². The van der Waals surface area contributed by atoms with E-state index in [4.69, 9.17) is 11.5 Å². The first-order chi connectivity index (χ1) is 11.7. The van der Waals surface area contributed by atoms with Gasteiger partial charge in [-0.15, -0.1) is 12.4 Å². The van der Waals surface area contributed by atoms with Crippen LogP contribution in [-0.4, -0.2) is 6.54 Å². The van der Waals surface area contributed by atoms with Crippen molar-refractivity contribution in [1.82, 2.24) is 0 Å². The first-order valence-corrected chi connectivity index (χ1v) is 8.30. The first-order valence-electron chi connectivity index (χ1n) is 8.30. The third kappa shape index (κ3) is 2.81. The van der Waals surface area contributed by atoms with Gasteiger partial charge in [0.15, 0.2) is 0 Å². The molecule has 4 N–H and O–H groups in total. The summed E-state index contributed by atoms with van der Waals surface area (Å²) in [5.74, 6) is 0. The molecule has 0 saturated heterocycles. The maximum absolute atomic E-state index is 6.11. The number of nitrogens with zero attached hydrogens (tertiary/aromatic N) is 1. The smallest absolute Gasteiger partial charge is 0.0802 e. The van der Waals surface area contributed by atoms with Crippen molar-refractivity contribution in [2.75, 3.05) is 22.9 Å². The maximum atomic E-state index is 6.11. The Labute approximate surface area is 154 Å². The molecule has 1 aliphatic rings. The van der Waals surface area contributed by atoms with Crippen LogP contribution in [0, 0.1) is 0 Å². The summed E-state index contributed by atoms with van der Waals surface area (Å²) in [7, 11) is 0. The van der Waals surface area contributed by atoms with Gasteiger partial charge in [-0.2, -0.15) is 0 Å². The molecule has 3 aromatic rings. The Morgan fingerprint density at radius 1 is 0.840 bits per heavy atom. The van der Waals surface area contributed by atoms with Crippen molar-refractivity contribution in [3.05, 3.63) is 77.9 Å².